The monoisotopic (exact) mass is 1130 g/mol. The highest BCUT2D eigenvalue weighted by molar-refractivity contribution is 6.36. The van der Waals surface area contributed by atoms with E-state index in [-0.39, 0.29) is 113 Å². The molecule has 7 aromatic rings. The van der Waals surface area contributed by atoms with E-state index in [0.29, 0.717) is 34.4 Å². The second-order valence-corrected chi connectivity index (χ2v) is 20.0. The van der Waals surface area contributed by atoms with Gasteiger partial charge in [-0.3, -0.25) is 68.3 Å². The number of nitrogens with one attached hydrogen (secondary N) is 6. The summed E-state index contributed by atoms with van der Waals surface area (Å²) >= 11 is 0. The van der Waals surface area contributed by atoms with Gasteiger partial charge in [0, 0.05) is 129 Å². The van der Waals surface area contributed by atoms with Crippen molar-refractivity contribution in [2.24, 2.45) is 14.1 Å². The summed E-state index contributed by atoms with van der Waals surface area (Å²) in [6.07, 6.45) is 3.95. The number of hydrogen-bond acceptors (Lipinski definition) is 15. The molecule has 0 fully saturated rings. The maximum atomic E-state index is 14.3. The minimum atomic E-state index is -0.950. The lowest BCUT2D eigenvalue weighted by Crippen LogP contribution is -2.44. The summed E-state index contributed by atoms with van der Waals surface area (Å²) in [5, 5.41) is 41.5. The highest BCUT2D eigenvalue weighted by Crippen LogP contribution is 2.37. The number of nitro groups is 2. The highest BCUT2D eigenvalue weighted by atomic mass is 16.6. The molecule has 0 atom stereocenters. The molecule has 0 radical (unpaired) electrons. The van der Waals surface area contributed by atoms with E-state index in [9.17, 15) is 63.4 Å². The third-order valence-corrected chi connectivity index (χ3v) is 13.9. The Balaban J connectivity index is 0.832. The van der Waals surface area contributed by atoms with Crippen LogP contribution in [-0.4, -0.2) is 142 Å². The van der Waals surface area contributed by atoms with Gasteiger partial charge in [-0.2, -0.15) is 0 Å². The number of hydrogen-bond donors (Lipinski definition) is 6. The number of benzene rings is 5. The number of amides is 9. The van der Waals surface area contributed by atoms with Crippen LogP contribution >= 0.6 is 0 Å². The molecule has 0 bridgehead atoms. The summed E-state index contributed by atoms with van der Waals surface area (Å²) in [5.41, 5.74) is 0.128. The van der Waals surface area contributed by atoms with Crippen LogP contribution in [0.3, 0.4) is 0 Å². The summed E-state index contributed by atoms with van der Waals surface area (Å²) in [4.78, 5) is 148. The molecule has 6 N–H and O–H groups in total. The Labute approximate surface area is 472 Å². The molecule has 83 heavy (non-hydrogen) atoms. The summed E-state index contributed by atoms with van der Waals surface area (Å²) in [7, 11) is 7.20. The first-order valence-electron chi connectivity index (χ1n) is 26.2. The minimum absolute atomic E-state index is 0.0177. The summed E-state index contributed by atoms with van der Waals surface area (Å²) in [6, 6.07) is 20.6. The van der Waals surface area contributed by atoms with Crippen LogP contribution in [0.5, 0.6) is 0 Å². The van der Waals surface area contributed by atoms with Gasteiger partial charge in [-0.15, -0.1) is 0 Å². The van der Waals surface area contributed by atoms with Crippen LogP contribution in [0, 0.1) is 20.2 Å². The Morgan fingerprint density at radius 3 is 1.64 bits per heavy atom. The molecule has 4 heterocycles. The van der Waals surface area contributed by atoms with Crippen molar-refractivity contribution < 1.29 is 53.0 Å². The zero-order valence-corrected chi connectivity index (χ0v) is 45.3. The van der Waals surface area contributed by atoms with E-state index in [1.165, 1.54) is 65.2 Å². The summed E-state index contributed by atoms with van der Waals surface area (Å²) in [5.74, 6) is -5.79. The van der Waals surface area contributed by atoms with Gasteiger partial charge >= 0.3 is 0 Å². The molecule has 426 valence electrons. The third kappa shape index (κ3) is 12.2. The second-order valence-electron chi connectivity index (χ2n) is 20.0. The van der Waals surface area contributed by atoms with Crippen LogP contribution in [0.15, 0.2) is 103 Å². The van der Waals surface area contributed by atoms with Gasteiger partial charge in [0.25, 0.3) is 58.6 Å². The number of rotatable bonds is 23. The van der Waals surface area contributed by atoms with Gasteiger partial charge in [-0.25, -0.2) is 4.90 Å². The van der Waals surface area contributed by atoms with Crippen LogP contribution in [-0.2, 0) is 18.9 Å². The normalized spacial score (nSPS) is 12.7. The molecule has 2 aliphatic heterocycles. The number of non-ortho nitro benzene ring substituents is 2. The Bertz CT molecular complexity index is 3900. The van der Waals surface area contributed by atoms with E-state index in [1.807, 2.05) is 19.0 Å². The molecule has 5 aromatic carbocycles. The number of nitro benzene ring substituents is 2. The molecule has 2 aliphatic rings. The fraction of sp³-hybridized carbons (Fsp3) is 0.246. The number of carbonyl (C=O) groups is 9. The Kier molecular flexibility index (Phi) is 16.6. The molecule has 9 rings (SSSR count). The van der Waals surface area contributed by atoms with Crippen molar-refractivity contribution in [3.8, 4) is 0 Å². The number of aryl methyl sites for hydroxylation is 2. The molecular formula is C57H55N13O13. The average molecular weight is 1130 g/mol. The molecule has 9 amide bonds. The van der Waals surface area contributed by atoms with Crippen LogP contribution in [0.2, 0.25) is 0 Å². The lowest BCUT2D eigenvalue weighted by atomic mass is 9.92. The maximum Gasteiger partial charge on any atom is 0.272 e. The van der Waals surface area contributed by atoms with Crippen LogP contribution < -0.4 is 36.8 Å². The molecule has 2 aromatic heterocycles. The van der Waals surface area contributed by atoms with Crippen molar-refractivity contribution in [1.29, 1.82) is 0 Å². The smallest absolute Gasteiger partial charge is 0.272 e. The first-order valence-corrected chi connectivity index (χ1v) is 26.2. The minimum Gasteiger partial charge on any atom is -0.352 e. The number of imide groups is 2. The topological polar surface area (TPSA) is 332 Å². The van der Waals surface area contributed by atoms with Crippen LogP contribution in [0.25, 0.3) is 21.5 Å². The summed E-state index contributed by atoms with van der Waals surface area (Å²) in [6.45, 7) is 1.22. The predicted octanol–water partition coefficient (Wildman–Crippen LogP) is 4.99. The van der Waals surface area contributed by atoms with Gasteiger partial charge in [0.1, 0.15) is 11.4 Å². The highest BCUT2D eigenvalue weighted by Gasteiger charge is 2.37. The third-order valence-electron chi connectivity index (χ3n) is 13.9. The first-order chi connectivity index (χ1) is 39.7. The summed E-state index contributed by atoms with van der Waals surface area (Å²) < 4.78 is 3.12. The molecule has 0 spiro atoms. The molecule has 0 unspecified atom stereocenters. The number of nitrogens with zero attached hydrogens (tertiary/aromatic N) is 7. The fourth-order valence-corrected chi connectivity index (χ4v) is 9.94. The fourth-order valence-electron chi connectivity index (χ4n) is 9.94. The van der Waals surface area contributed by atoms with E-state index in [2.05, 4.69) is 31.9 Å². The van der Waals surface area contributed by atoms with E-state index in [1.54, 1.807) is 49.3 Å². The van der Waals surface area contributed by atoms with Crippen molar-refractivity contribution in [1.82, 2.24) is 40.2 Å². The standard InChI is InChI=1S/C57H55N13O13/c1-64(2)19-8-15-60-52(74)45-27-37(31-65(45)3)63-53(75)46-26-36(30-66(46)4)62-47(71)13-7-14-59-50(72)34-21-35(25-38(24-34)68-56(78)42-12-6-10-33-23-40(70(82)83)29-44(49(33)42)57(68)79)51(73)61-17-16-58-18-20-67-54(76)41-11-5-9-32-22-39(69(80)81)28-43(48(32)41)55(67)77/h5-6,9-12,21-31,58H,7-8,13-20H2,1-4H3,(H,59,72)(H,60,74)(H,61,73)(H,62,71)(H,63,75). The van der Waals surface area contributed by atoms with Gasteiger partial charge in [0.05, 0.1) is 38.0 Å². The van der Waals surface area contributed by atoms with Gasteiger partial charge in [-0.05, 0) is 86.7 Å². The van der Waals surface area contributed by atoms with Crippen molar-refractivity contribution in [2.75, 3.05) is 75.4 Å². The number of carbonyl (C=O) groups excluding carboxylic acids is 9. The zero-order chi connectivity index (χ0) is 59.4. The maximum absolute atomic E-state index is 14.3. The van der Waals surface area contributed by atoms with Crippen molar-refractivity contribution >= 4 is 103 Å². The van der Waals surface area contributed by atoms with Gasteiger partial charge in [-0.1, -0.05) is 24.3 Å². The van der Waals surface area contributed by atoms with Gasteiger partial charge in [0.2, 0.25) is 5.91 Å². The largest absolute Gasteiger partial charge is 0.352 e. The molecule has 0 saturated heterocycles. The van der Waals surface area contributed by atoms with Crippen molar-refractivity contribution in [2.45, 2.75) is 19.3 Å². The lowest BCUT2D eigenvalue weighted by molar-refractivity contribution is -0.384. The Morgan fingerprint density at radius 1 is 0.542 bits per heavy atom. The zero-order valence-electron chi connectivity index (χ0n) is 45.3. The quantitative estimate of drug-likeness (QED) is 0.0213. The van der Waals surface area contributed by atoms with Crippen LogP contribution in [0.4, 0.5) is 28.4 Å². The molecule has 0 aliphatic carbocycles. The Morgan fingerprint density at radius 2 is 1.05 bits per heavy atom. The van der Waals surface area contributed by atoms with Gasteiger partial charge < -0.3 is 45.9 Å². The van der Waals surface area contributed by atoms with Gasteiger partial charge in [0.15, 0.2) is 0 Å². The lowest BCUT2D eigenvalue weighted by Gasteiger charge is -2.28. The molecule has 26 nitrogen and oxygen atoms in total. The number of aromatic nitrogens is 2. The second kappa shape index (κ2) is 24.1. The van der Waals surface area contributed by atoms with E-state index >= 15 is 0 Å². The van der Waals surface area contributed by atoms with Crippen LogP contribution in [0.1, 0.15) is 102 Å². The van der Waals surface area contributed by atoms with Crippen molar-refractivity contribution in [3.63, 3.8) is 0 Å². The molecular weight excluding hydrogens is 1070 g/mol. The van der Waals surface area contributed by atoms with E-state index in [4.69, 9.17) is 0 Å². The first kappa shape index (κ1) is 57.2. The Hall–Kier alpha value is -10.5. The van der Waals surface area contributed by atoms with E-state index in [0.717, 1.165) is 34.9 Å². The SMILES string of the molecule is CN(C)CCCNC(=O)c1cc(NC(=O)c2cc(NC(=O)CCCNC(=O)c3cc(C(=O)NCCNCCN4C(=O)c5cccc6cc([N+](=O)[O-])cc(c56)C4=O)cc(N4C(=O)c5cccc6cc([N+](=O)[O-])cc(c56)C4=O)c3)cn2C)cn1C. The average Bonchev–Trinajstić information content (AvgIpc) is 3.36. The van der Waals surface area contributed by atoms with E-state index < -0.39 is 62.8 Å². The predicted molar refractivity (Wildman–Crippen MR) is 304 cm³/mol. The molecule has 0 saturated carbocycles. The molecule has 26 heteroatoms. The number of anilines is 3. The van der Waals surface area contributed by atoms with Crippen molar-refractivity contribution in [3.05, 3.63) is 168 Å².